The molecule has 0 saturated carbocycles. The molecular formula is C10H7BrF3IOS. The van der Waals surface area contributed by atoms with Crippen molar-refractivity contribution in [3.8, 4) is 0 Å². The van der Waals surface area contributed by atoms with Crippen LogP contribution >= 0.6 is 50.3 Å². The Morgan fingerprint density at radius 2 is 2.06 bits per heavy atom. The number of halogens is 5. The summed E-state index contributed by atoms with van der Waals surface area (Å²) in [5, 5.41) is 0.147. The highest BCUT2D eigenvalue weighted by Crippen LogP contribution is 2.39. The molecule has 0 aliphatic heterocycles. The van der Waals surface area contributed by atoms with Crippen molar-refractivity contribution >= 4 is 56.1 Å². The monoisotopic (exact) mass is 438 g/mol. The van der Waals surface area contributed by atoms with E-state index in [0.29, 0.717) is 5.56 Å². The van der Waals surface area contributed by atoms with Gasteiger partial charge in [0.15, 0.2) is 0 Å². The van der Waals surface area contributed by atoms with Crippen molar-refractivity contribution in [3.63, 3.8) is 0 Å². The van der Waals surface area contributed by atoms with Crippen molar-refractivity contribution in [3.05, 3.63) is 27.3 Å². The molecule has 0 atom stereocenters. The van der Waals surface area contributed by atoms with Crippen molar-refractivity contribution in [1.82, 2.24) is 0 Å². The molecule has 0 N–H and O–H groups in total. The highest BCUT2D eigenvalue weighted by atomic mass is 127. The maximum absolute atomic E-state index is 12.3. The second-order valence-electron chi connectivity index (χ2n) is 3.15. The summed E-state index contributed by atoms with van der Waals surface area (Å²) in [6.45, 7) is 0. The van der Waals surface area contributed by atoms with E-state index in [-0.39, 0.29) is 34.2 Å². The number of hydrogen-bond donors (Lipinski definition) is 0. The summed E-state index contributed by atoms with van der Waals surface area (Å²) in [7, 11) is 0. The van der Waals surface area contributed by atoms with Gasteiger partial charge in [-0.05, 0) is 58.1 Å². The third-order valence-electron chi connectivity index (χ3n) is 1.78. The number of carbonyl (C=O) groups is 1. The highest BCUT2D eigenvalue weighted by Gasteiger charge is 2.30. The Hall–Kier alpha value is 0.240. The van der Waals surface area contributed by atoms with Gasteiger partial charge >= 0.3 is 5.51 Å². The number of Topliss-reactive ketones (excluding diaryl/α,β-unsaturated/α-hetero) is 1. The summed E-state index contributed by atoms with van der Waals surface area (Å²) in [4.78, 5) is 11.4. The van der Waals surface area contributed by atoms with Crippen LogP contribution in [0.15, 0.2) is 23.1 Å². The predicted octanol–water partition coefficient (Wildman–Crippen LogP) is 4.41. The molecule has 0 aliphatic rings. The lowest BCUT2D eigenvalue weighted by Crippen LogP contribution is -2.07. The fourth-order valence-electron chi connectivity index (χ4n) is 1.17. The topological polar surface area (TPSA) is 17.1 Å². The molecule has 7 heteroatoms. The van der Waals surface area contributed by atoms with Gasteiger partial charge in [0.05, 0.1) is 5.33 Å². The van der Waals surface area contributed by atoms with Gasteiger partial charge in [0.1, 0.15) is 5.78 Å². The van der Waals surface area contributed by atoms with Gasteiger partial charge in [0.25, 0.3) is 0 Å². The zero-order valence-electron chi connectivity index (χ0n) is 8.35. The third-order valence-corrected chi connectivity index (χ3v) is 3.93. The van der Waals surface area contributed by atoms with Crippen molar-refractivity contribution in [2.75, 3.05) is 5.33 Å². The Kier molecular flexibility index (Phi) is 5.78. The van der Waals surface area contributed by atoms with Crippen LogP contribution in [0.3, 0.4) is 0 Å². The smallest absolute Gasteiger partial charge is 0.298 e. The fourth-order valence-corrected chi connectivity index (χ4v) is 2.57. The van der Waals surface area contributed by atoms with Crippen molar-refractivity contribution in [2.24, 2.45) is 0 Å². The number of alkyl halides is 4. The summed E-state index contributed by atoms with van der Waals surface area (Å²) < 4.78 is 37.7. The first kappa shape index (κ1) is 15.3. The van der Waals surface area contributed by atoms with E-state index in [2.05, 4.69) is 15.9 Å². The number of ketones is 1. The molecule has 0 amide bonds. The van der Waals surface area contributed by atoms with E-state index in [1.807, 2.05) is 22.6 Å². The van der Waals surface area contributed by atoms with Gasteiger partial charge in [-0.15, -0.1) is 0 Å². The van der Waals surface area contributed by atoms with Gasteiger partial charge in [-0.2, -0.15) is 13.2 Å². The zero-order valence-corrected chi connectivity index (χ0v) is 12.9. The quantitative estimate of drug-likeness (QED) is 0.393. The van der Waals surface area contributed by atoms with E-state index in [1.54, 1.807) is 12.1 Å². The first-order valence-electron chi connectivity index (χ1n) is 4.43. The molecule has 0 radical (unpaired) electrons. The second-order valence-corrected chi connectivity index (χ2v) is 6.06. The molecule has 1 rings (SSSR count). The maximum Gasteiger partial charge on any atom is 0.446 e. The minimum atomic E-state index is -4.33. The predicted molar refractivity (Wildman–Crippen MR) is 73.6 cm³/mol. The summed E-state index contributed by atoms with van der Waals surface area (Å²) in [6.07, 6.45) is 0.0144. The van der Waals surface area contributed by atoms with Crippen LogP contribution in [0.25, 0.3) is 0 Å². The van der Waals surface area contributed by atoms with Crippen LogP contribution in [-0.2, 0) is 11.2 Å². The van der Waals surface area contributed by atoms with Crippen molar-refractivity contribution in [1.29, 1.82) is 0 Å². The Labute approximate surface area is 123 Å². The average molecular weight is 439 g/mol. The van der Waals surface area contributed by atoms with Crippen LogP contribution in [0.1, 0.15) is 5.56 Å². The molecule has 1 nitrogen and oxygen atoms in total. The molecule has 0 saturated heterocycles. The molecule has 94 valence electrons. The van der Waals surface area contributed by atoms with Crippen LogP contribution in [0, 0.1) is 3.57 Å². The Bertz CT molecular complexity index is 423. The van der Waals surface area contributed by atoms with Crippen LogP contribution in [0.4, 0.5) is 13.2 Å². The first-order valence-corrected chi connectivity index (χ1v) is 7.45. The van der Waals surface area contributed by atoms with E-state index < -0.39 is 5.51 Å². The summed E-state index contributed by atoms with van der Waals surface area (Å²) in [5.41, 5.74) is -3.91. The molecule has 0 fully saturated rings. The normalized spacial score (nSPS) is 11.6. The van der Waals surface area contributed by atoms with Crippen LogP contribution in [-0.4, -0.2) is 16.6 Å². The molecule has 0 bridgehead atoms. The molecule has 0 heterocycles. The van der Waals surface area contributed by atoms with Gasteiger partial charge < -0.3 is 0 Å². The average Bonchev–Trinajstić information content (AvgIpc) is 2.20. The number of carbonyl (C=O) groups excluding carboxylic acids is 1. The molecule has 1 aromatic rings. The zero-order chi connectivity index (χ0) is 13.1. The molecule has 0 aromatic heterocycles. The van der Waals surface area contributed by atoms with Crippen LogP contribution in [0.5, 0.6) is 0 Å². The third kappa shape index (κ3) is 5.60. The van der Waals surface area contributed by atoms with E-state index in [4.69, 9.17) is 0 Å². The molecule has 17 heavy (non-hydrogen) atoms. The van der Waals surface area contributed by atoms with Gasteiger partial charge in [0, 0.05) is 14.9 Å². The fraction of sp³-hybridized carbons (Fsp3) is 0.300. The molecule has 1 aromatic carbocycles. The number of benzene rings is 1. The lowest BCUT2D eigenvalue weighted by atomic mass is 10.1. The van der Waals surface area contributed by atoms with E-state index in [0.717, 1.165) is 3.57 Å². The van der Waals surface area contributed by atoms with Crippen LogP contribution in [0.2, 0.25) is 0 Å². The molecule has 0 unspecified atom stereocenters. The lowest BCUT2D eigenvalue weighted by molar-refractivity contribution is -0.115. The SMILES string of the molecule is O=C(CBr)Cc1cc(I)ccc1SC(F)(F)F. The maximum atomic E-state index is 12.3. The molecule has 0 aliphatic carbocycles. The largest absolute Gasteiger partial charge is 0.446 e. The molecular weight excluding hydrogens is 432 g/mol. The van der Waals surface area contributed by atoms with Crippen molar-refractivity contribution < 1.29 is 18.0 Å². The second kappa shape index (κ2) is 6.42. The molecule has 0 spiro atoms. The Morgan fingerprint density at radius 3 is 2.59 bits per heavy atom. The van der Waals surface area contributed by atoms with Crippen LogP contribution < -0.4 is 0 Å². The van der Waals surface area contributed by atoms with E-state index in [9.17, 15) is 18.0 Å². The minimum Gasteiger partial charge on any atom is -0.298 e. The van der Waals surface area contributed by atoms with Crippen molar-refractivity contribution in [2.45, 2.75) is 16.8 Å². The summed E-state index contributed by atoms with van der Waals surface area (Å²) in [5.74, 6) is -0.143. The summed E-state index contributed by atoms with van der Waals surface area (Å²) >= 11 is 4.82. The van der Waals surface area contributed by atoms with Gasteiger partial charge in [-0.3, -0.25) is 4.79 Å². The Morgan fingerprint density at radius 1 is 1.41 bits per heavy atom. The lowest BCUT2D eigenvalue weighted by Gasteiger charge is -2.10. The Balaban J connectivity index is 2.99. The van der Waals surface area contributed by atoms with Gasteiger partial charge in [0.2, 0.25) is 0 Å². The highest BCUT2D eigenvalue weighted by molar-refractivity contribution is 14.1. The minimum absolute atomic E-state index is 0.0144. The van der Waals surface area contributed by atoms with E-state index >= 15 is 0 Å². The summed E-state index contributed by atoms with van der Waals surface area (Å²) in [6, 6.07) is 4.60. The number of rotatable bonds is 4. The van der Waals surface area contributed by atoms with E-state index in [1.165, 1.54) is 6.07 Å². The number of thioether (sulfide) groups is 1. The first-order chi connectivity index (χ1) is 7.81. The number of hydrogen-bond acceptors (Lipinski definition) is 2. The standard InChI is InChI=1S/C10H7BrF3IOS/c11-5-8(16)4-6-3-7(15)1-2-9(6)17-10(12,13)14/h1-3H,4-5H2. The van der Waals surface area contributed by atoms with Gasteiger partial charge in [-0.1, -0.05) is 15.9 Å². The van der Waals surface area contributed by atoms with Gasteiger partial charge in [-0.25, -0.2) is 0 Å².